The molecule has 3 aromatic rings. The van der Waals surface area contributed by atoms with E-state index in [0.717, 1.165) is 11.1 Å². The van der Waals surface area contributed by atoms with Gasteiger partial charge in [-0.1, -0.05) is 67.6 Å². The molecule has 1 N–H and O–H groups in total. The number of para-hydroxylation sites is 1. The summed E-state index contributed by atoms with van der Waals surface area (Å²) in [5, 5.41) is 2.97. The zero-order valence-electron chi connectivity index (χ0n) is 18.1. The van der Waals surface area contributed by atoms with Crippen LogP contribution >= 0.6 is 0 Å². The number of anilines is 1. The van der Waals surface area contributed by atoms with Crippen LogP contribution < -0.4 is 9.62 Å². The van der Waals surface area contributed by atoms with Gasteiger partial charge in [-0.2, -0.15) is 0 Å². The molecule has 1 atom stereocenters. The van der Waals surface area contributed by atoms with Crippen molar-refractivity contribution in [1.29, 1.82) is 0 Å². The summed E-state index contributed by atoms with van der Waals surface area (Å²) in [5.41, 5.74) is 4.07. The van der Waals surface area contributed by atoms with Gasteiger partial charge in [-0.25, -0.2) is 8.42 Å². The summed E-state index contributed by atoms with van der Waals surface area (Å²) in [6.07, 6.45) is 1.20. The minimum absolute atomic E-state index is 0.145. The van der Waals surface area contributed by atoms with Gasteiger partial charge in [-0.05, 0) is 47.7 Å². The molecule has 6 heteroatoms. The number of hydrogen-bond donors (Lipinski definition) is 1. The summed E-state index contributed by atoms with van der Waals surface area (Å²) in [7, 11) is -3.46. The van der Waals surface area contributed by atoms with Gasteiger partial charge in [0.25, 0.3) is 5.91 Å². The van der Waals surface area contributed by atoms with Crippen LogP contribution in [-0.4, -0.2) is 27.1 Å². The molecule has 3 rings (SSSR count). The lowest BCUT2D eigenvalue weighted by molar-refractivity contribution is 0.0951. The van der Waals surface area contributed by atoms with Crippen molar-refractivity contribution in [2.45, 2.75) is 26.3 Å². The second-order valence-corrected chi connectivity index (χ2v) is 9.68. The Morgan fingerprint density at radius 1 is 0.935 bits per heavy atom. The van der Waals surface area contributed by atoms with Crippen molar-refractivity contribution in [3.8, 4) is 0 Å². The van der Waals surface area contributed by atoms with Gasteiger partial charge in [0, 0.05) is 12.1 Å². The molecule has 162 valence electrons. The Kier molecular flexibility index (Phi) is 7.13. The van der Waals surface area contributed by atoms with Gasteiger partial charge >= 0.3 is 0 Å². The first-order valence-corrected chi connectivity index (χ1v) is 12.1. The van der Waals surface area contributed by atoms with Crippen molar-refractivity contribution in [3.63, 3.8) is 0 Å². The third-order valence-electron chi connectivity index (χ3n) is 5.26. The van der Waals surface area contributed by atoms with Crippen LogP contribution in [0.2, 0.25) is 0 Å². The predicted octanol–water partition coefficient (Wildman–Crippen LogP) is 4.49. The number of hydrogen-bond acceptors (Lipinski definition) is 3. The summed E-state index contributed by atoms with van der Waals surface area (Å²) in [4.78, 5) is 12.5. The molecule has 0 unspecified atom stereocenters. The molecule has 0 aliphatic carbocycles. The first-order chi connectivity index (χ1) is 14.8. The molecule has 31 heavy (non-hydrogen) atoms. The monoisotopic (exact) mass is 436 g/mol. The molecule has 0 bridgehead atoms. The van der Waals surface area contributed by atoms with Crippen LogP contribution in [0.4, 0.5) is 5.69 Å². The highest BCUT2D eigenvalue weighted by atomic mass is 32.2. The average molecular weight is 437 g/mol. The van der Waals surface area contributed by atoms with E-state index in [9.17, 15) is 13.2 Å². The summed E-state index contributed by atoms with van der Waals surface area (Å²) in [6.45, 7) is 4.71. The maximum absolute atomic E-state index is 12.5. The second kappa shape index (κ2) is 9.79. The number of carbonyl (C=O) groups excluding carboxylic acids is 1. The molecule has 0 aromatic heterocycles. The minimum Gasteiger partial charge on any atom is -0.351 e. The molecular weight excluding hydrogens is 408 g/mol. The molecule has 0 saturated heterocycles. The van der Waals surface area contributed by atoms with E-state index in [-0.39, 0.29) is 18.4 Å². The number of nitrogens with one attached hydrogen (secondary N) is 1. The topological polar surface area (TPSA) is 66.5 Å². The van der Waals surface area contributed by atoms with Crippen molar-refractivity contribution in [1.82, 2.24) is 5.32 Å². The number of nitrogens with zero attached hydrogens (tertiary/aromatic N) is 1. The first-order valence-electron chi connectivity index (χ1n) is 10.2. The summed E-state index contributed by atoms with van der Waals surface area (Å²) >= 11 is 0. The highest BCUT2D eigenvalue weighted by Crippen LogP contribution is 2.24. The van der Waals surface area contributed by atoms with Crippen molar-refractivity contribution in [2.75, 3.05) is 17.1 Å². The summed E-state index contributed by atoms with van der Waals surface area (Å²) in [5.74, 6) is 0.0649. The van der Waals surface area contributed by atoms with Gasteiger partial charge in [-0.15, -0.1) is 0 Å². The van der Waals surface area contributed by atoms with E-state index in [2.05, 4.69) is 12.2 Å². The van der Waals surface area contributed by atoms with E-state index in [4.69, 9.17) is 0 Å². The Morgan fingerprint density at radius 3 is 2.16 bits per heavy atom. The van der Waals surface area contributed by atoms with E-state index >= 15 is 0 Å². The Labute approximate surface area is 184 Å². The van der Waals surface area contributed by atoms with Crippen molar-refractivity contribution >= 4 is 21.6 Å². The Hall–Kier alpha value is -3.12. The van der Waals surface area contributed by atoms with Crippen LogP contribution in [0.25, 0.3) is 0 Å². The molecule has 0 heterocycles. The average Bonchev–Trinajstić information content (AvgIpc) is 2.76. The van der Waals surface area contributed by atoms with E-state index in [1.165, 1.54) is 16.1 Å². The molecule has 0 fully saturated rings. The third kappa shape index (κ3) is 5.95. The number of amides is 1. The van der Waals surface area contributed by atoms with Crippen LogP contribution in [0, 0.1) is 6.92 Å². The number of rotatable bonds is 8. The van der Waals surface area contributed by atoms with Crippen molar-refractivity contribution in [3.05, 3.63) is 101 Å². The number of aryl methyl sites for hydroxylation is 1. The van der Waals surface area contributed by atoms with Gasteiger partial charge in [0.1, 0.15) is 0 Å². The largest absolute Gasteiger partial charge is 0.351 e. The van der Waals surface area contributed by atoms with Gasteiger partial charge in [0.2, 0.25) is 10.0 Å². The van der Waals surface area contributed by atoms with Crippen LogP contribution in [0.15, 0.2) is 78.9 Å². The second-order valence-electron chi connectivity index (χ2n) is 7.77. The fraction of sp³-hybridized carbons (Fsp3) is 0.240. The van der Waals surface area contributed by atoms with Gasteiger partial charge in [0.15, 0.2) is 0 Å². The van der Waals surface area contributed by atoms with Crippen LogP contribution in [-0.2, 0) is 16.6 Å². The Bertz CT molecular complexity index is 1130. The van der Waals surface area contributed by atoms with Crippen LogP contribution in [0.5, 0.6) is 0 Å². The summed E-state index contributed by atoms with van der Waals surface area (Å²) in [6, 6.07) is 24.5. The SMILES string of the molecule is Cc1ccccc1N(Cc1ccc(C(=O)NC[C@@H](C)c2ccccc2)cc1)S(C)(=O)=O. The fourth-order valence-electron chi connectivity index (χ4n) is 3.40. The Morgan fingerprint density at radius 2 is 1.55 bits per heavy atom. The van der Waals surface area contributed by atoms with E-state index in [0.29, 0.717) is 17.8 Å². The highest BCUT2D eigenvalue weighted by molar-refractivity contribution is 7.92. The van der Waals surface area contributed by atoms with Crippen molar-refractivity contribution in [2.24, 2.45) is 0 Å². The molecule has 0 spiro atoms. The molecule has 3 aromatic carbocycles. The molecule has 0 saturated carbocycles. The maximum atomic E-state index is 12.5. The van der Waals surface area contributed by atoms with E-state index in [1.807, 2.05) is 55.5 Å². The van der Waals surface area contributed by atoms with Crippen LogP contribution in [0.1, 0.15) is 39.9 Å². The molecule has 5 nitrogen and oxygen atoms in total. The first kappa shape index (κ1) is 22.6. The van der Waals surface area contributed by atoms with E-state index < -0.39 is 10.0 Å². The minimum atomic E-state index is -3.46. The highest BCUT2D eigenvalue weighted by Gasteiger charge is 2.19. The number of sulfonamides is 1. The molecule has 0 aliphatic heterocycles. The Balaban J connectivity index is 1.67. The molecule has 0 aliphatic rings. The van der Waals surface area contributed by atoms with Crippen molar-refractivity contribution < 1.29 is 13.2 Å². The molecule has 0 radical (unpaired) electrons. The van der Waals surface area contributed by atoms with Gasteiger partial charge in [0.05, 0.1) is 18.5 Å². The fourth-order valence-corrected chi connectivity index (χ4v) is 4.34. The maximum Gasteiger partial charge on any atom is 0.251 e. The standard InChI is InChI=1S/C25H28N2O3S/c1-19-9-7-8-12-24(19)27(31(3,29)30)18-21-13-15-23(16-14-21)25(28)26-17-20(2)22-10-5-4-6-11-22/h4-16,20H,17-18H2,1-3H3,(H,26,28)/t20-/m1/s1. The molecular formula is C25H28N2O3S. The smallest absolute Gasteiger partial charge is 0.251 e. The predicted molar refractivity (Wildman–Crippen MR) is 126 cm³/mol. The zero-order chi connectivity index (χ0) is 22.4. The number of carbonyl (C=O) groups is 1. The normalized spacial score (nSPS) is 12.2. The van der Waals surface area contributed by atoms with Gasteiger partial charge in [-0.3, -0.25) is 9.10 Å². The lowest BCUT2D eigenvalue weighted by Gasteiger charge is -2.24. The lowest BCUT2D eigenvalue weighted by Crippen LogP contribution is -2.30. The van der Waals surface area contributed by atoms with Gasteiger partial charge < -0.3 is 5.32 Å². The van der Waals surface area contributed by atoms with Crippen LogP contribution in [0.3, 0.4) is 0 Å². The lowest BCUT2D eigenvalue weighted by atomic mass is 10.0. The number of benzene rings is 3. The quantitative estimate of drug-likeness (QED) is 0.566. The summed E-state index contributed by atoms with van der Waals surface area (Å²) < 4.78 is 26.2. The third-order valence-corrected chi connectivity index (χ3v) is 6.39. The molecule has 1 amide bonds. The zero-order valence-corrected chi connectivity index (χ0v) is 18.9. The van der Waals surface area contributed by atoms with E-state index in [1.54, 1.807) is 30.3 Å².